The average Bonchev–Trinajstić information content (AvgIpc) is 3.29. The van der Waals surface area contributed by atoms with Crippen LogP contribution in [-0.4, -0.2) is 64.4 Å². The van der Waals surface area contributed by atoms with Gasteiger partial charge in [0.2, 0.25) is 11.8 Å². The second kappa shape index (κ2) is 5.18. The van der Waals surface area contributed by atoms with Crippen molar-refractivity contribution in [3.05, 3.63) is 0 Å². The van der Waals surface area contributed by atoms with Crippen molar-refractivity contribution < 1.29 is 24.5 Å². The molecule has 1 aliphatic carbocycles. The molecule has 1 spiro atoms. The number of aliphatic hydroxyl groups is 2. The number of nitrogens with zero attached hydrogens (tertiary/aromatic N) is 1. The number of carbonyl (C=O) groups excluding carboxylic acids is 2. The second-order valence-corrected chi connectivity index (χ2v) is 7.08. The van der Waals surface area contributed by atoms with Crippen molar-refractivity contribution in [1.29, 1.82) is 0 Å². The van der Waals surface area contributed by atoms with Gasteiger partial charge in [0.1, 0.15) is 5.41 Å². The highest BCUT2D eigenvalue weighted by atomic mass is 16.5. The summed E-state index contributed by atoms with van der Waals surface area (Å²) in [7, 11) is 0. The number of hydrogen-bond donors (Lipinski definition) is 3. The van der Waals surface area contributed by atoms with E-state index < -0.39 is 22.5 Å². The first-order valence-electron chi connectivity index (χ1n) is 7.91. The third-order valence-corrected chi connectivity index (χ3v) is 5.51. The highest BCUT2D eigenvalue weighted by Crippen LogP contribution is 2.48. The Balaban J connectivity index is 1.63. The summed E-state index contributed by atoms with van der Waals surface area (Å²) in [6, 6.07) is 0. The summed E-state index contributed by atoms with van der Waals surface area (Å²) in [6.07, 6.45) is 3.12. The quantitative estimate of drug-likeness (QED) is 0.587. The molecule has 2 saturated heterocycles. The van der Waals surface area contributed by atoms with Gasteiger partial charge in [0.25, 0.3) is 0 Å². The number of ether oxygens (including phenoxy) is 1. The van der Waals surface area contributed by atoms with Gasteiger partial charge in [-0.3, -0.25) is 9.59 Å². The molecule has 7 heteroatoms. The van der Waals surface area contributed by atoms with Gasteiger partial charge in [-0.25, -0.2) is 0 Å². The van der Waals surface area contributed by atoms with Crippen LogP contribution in [0.1, 0.15) is 38.5 Å². The van der Waals surface area contributed by atoms with Crippen LogP contribution in [0.2, 0.25) is 0 Å². The number of hydrogen-bond acceptors (Lipinski definition) is 5. The van der Waals surface area contributed by atoms with E-state index in [0.29, 0.717) is 58.2 Å². The summed E-state index contributed by atoms with van der Waals surface area (Å²) in [4.78, 5) is 25.6. The van der Waals surface area contributed by atoms with E-state index in [0.717, 1.165) is 0 Å². The average molecular weight is 312 g/mol. The summed E-state index contributed by atoms with van der Waals surface area (Å²) >= 11 is 0. The van der Waals surface area contributed by atoms with Crippen molar-refractivity contribution >= 4 is 11.8 Å². The Morgan fingerprint density at radius 3 is 2.27 bits per heavy atom. The molecule has 1 atom stereocenters. The van der Waals surface area contributed by atoms with E-state index in [-0.39, 0.29) is 12.5 Å². The summed E-state index contributed by atoms with van der Waals surface area (Å²) in [5.74, 6) is -0.690. The zero-order valence-electron chi connectivity index (χ0n) is 12.7. The van der Waals surface area contributed by atoms with Crippen LogP contribution in [0.3, 0.4) is 0 Å². The maximum absolute atomic E-state index is 12.5. The fourth-order valence-corrected chi connectivity index (χ4v) is 3.76. The first-order valence-corrected chi connectivity index (χ1v) is 7.91. The number of likely N-dealkylation sites (tertiary alicyclic amines) is 1. The Labute approximate surface area is 129 Å². The van der Waals surface area contributed by atoms with Gasteiger partial charge in [0.05, 0.1) is 24.4 Å². The van der Waals surface area contributed by atoms with Crippen LogP contribution in [0, 0.1) is 5.41 Å². The van der Waals surface area contributed by atoms with E-state index in [1.165, 1.54) is 0 Å². The second-order valence-electron chi connectivity index (χ2n) is 7.08. The Kier molecular flexibility index (Phi) is 3.70. The van der Waals surface area contributed by atoms with Crippen molar-refractivity contribution in [2.45, 2.75) is 49.7 Å². The standard InChI is InChI=1S/C15H24N2O5/c16-11(19)15(1-2-15)12(20)17-6-3-14(4-7-17)9-13(21,10-18)5-8-22-14/h18,21H,1-10H2,(H2,16,19). The Bertz CT molecular complexity index is 482. The Morgan fingerprint density at radius 1 is 1.14 bits per heavy atom. The van der Waals surface area contributed by atoms with Crippen LogP contribution < -0.4 is 5.73 Å². The number of aliphatic hydroxyl groups excluding tert-OH is 1. The summed E-state index contributed by atoms with van der Waals surface area (Å²) in [6.45, 7) is 1.13. The molecule has 22 heavy (non-hydrogen) atoms. The van der Waals surface area contributed by atoms with Crippen molar-refractivity contribution in [1.82, 2.24) is 4.90 Å². The van der Waals surface area contributed by atoms with Crippen LogP contribution >= 0.6 is 0 Å². The number of rotatable bonds is 3. The molecule has 0 aromatic heterocycles. The minimum atomic E-state index is -1.09. The lowest BCUT2D eigenvalue weighted by Crippen LogP contribution is -2.57. The highest BCUT2D eigenvalue weighted by Gasteiger charge is 2.58. The topological polar surface area (TPSA) is 113 Å². The summed E-state index contributed by atoms with van der Waals surface area (Å²) in [5, 5.41) is 19.7. The molecule has 3 rings (SSSR count). The normalized spacial score (nSPS) is 32.7. The molecule has 0 radical (unpaired) electrons. The SMILES string of the molecule is NC(=O)C1(C(=O)N2CCC3(CC2)CC(O)(CO)CCO3)CC1. The summed E-state index contributed by atoms with van der Waals surface area (Å²) < 4.78 is 5.88. The van der Waals surface area contributed by atoms with Gasteiger partial charge in [-0.1, -0.05) is 0 Å². The number of nitrogens with two attached hydrogens (primary N) is 1. The maximum atomic E-state index is 12.5. The molecule has 2 heterocycles. The minimum absolute atomic E-state index is 0.164. The first kappa shape index (κ1) is 15.7. The van der Waals surface area contributed by atoms with Gasteiger partial charge in [-0.05, 0) is 25.7 Å². The molecule has 0 aromatic rings. The fourth-order valence-electron chi connectivity index (χ4n) is 3.76. The maximum Gasteiger partial charge on any atom is 0.238 e. The number of piperidine rings is 1. The van der Waals surface area contributed by atoms with E-state index in [1.54, 1.807) is 4.90 Å². The molecular formula is C15H24N2O5. The molecular weight excluding hydrogens is 288 g/mol. The number of amides is 2. The van der Waals surface area contributed by atoms with E-state index in [2.05, 4.69) is 0 Å². The largest absolute Gasteiger partial charge is 0.393 e. The molecule has 1 unspecified atom stereocenters. The minimum Gasteiger partial charge on any atom is -0.393 e. The van der Waals surface area contributed by atoms with Crippen molar-refractivity contribution in [3.8, 4) is 0 Å². The fraction of sp³-hybridized carbons (Fsp3) is 0.867. The molecule has 1 saturated carbocycles. The highest BCUT2D eigenvalue weighted by molar-refractivity contribution is 6.07. The van der Waals surface area contributed by atoms with Gasteiger partial charge < -0.3 is 25.6 Å². The first-order chi connectivity index (χ1) is 10.3. The van der Waals surface area contributed by atoms with Gasteiger partial charge in [0.15, 0.2) is 0 Å². The van der Waals surface area contributed by atoms with Gasteiger partial charge in [-0.15, -0.1) is 0 Å². The van der Waals surface area contributed by atoms with Gasteiger partial charge in [-0.2, -0.15) is 0 Å². The predicted octanol–water partition coefficient (Wildman–Crippen LogP) is -0.853. The lowest BCUT2D eigenvalue weighted by Gasteiger charge is -2.49. The Hall–Kier alpha value is -1.18. The van der Waals surface area contributed by atoms with Crippen molar-refractivity contribution in [2.75, 3.05) is 26.3 Å². The zero-order chi connectivity index (χ0) is 16.0. The molecule has 3 fully saturated rings. The predicted molar refractivity (Wildman–Crippen MR) is 76.6 cm³/mol. The molecule has 0 bridgehead atoms. The van der Waals surface area contributed by atoms with Gasteiger partial charge in [0, 0.05) is 25.9 Å². The molecule has 124 valence electrons. The molecule has 7 nitrogen and oxygen atoms in total. The molecule has 2 amide bonds. The number of primary amides is 1. The van der Waals surface area contributed by atoms with Gasteiger partial charge >= 0.3 is 0 Å². The van der Waals surface area contributed by atoms with Crippen molar-refractivity contribution in [2.24, 2.45) is 11.1 Å². The monoisotopic (exact) mass is 312 g/mol. The molecule has 3 aliphatic rings. The van der Waals surface area contributed by atoms with E-state index >= 15 is 0 Å². The smallest absolute Gasteiger partial charge is 0.238 e. The lowest BCUT2D eigenvalue weighted by atomic mass is 9.77. The van der Waals surface area contributed by atoms with Crippen LogP contribution in [0.15, 0.2) is 0 Å². The van der Waals surface area contributed by atoms with Crippen LogP contribution in [-0.2, 0) is 14.3 Å². The zero-order valence-corrected chi connectivity index (χ0v) is 12.7. The van der Waals surface area contributed by atoms with E-state index in [1.807, 2.05) is 0 Å². The third-order valence-electron chi connectivity index (χ3n) is 5.51. The van der Waals surface area contributed by atoms with E-state index in [4.69, 9.17) is 10.5 Å². The van der Waals surface area contributed by atoms with Crippen LogP contribution in [0.5, 0.6) is 0 Å². The third kappa shape index (κ3) is 2.51. The lowest BCUT2D eigenvalue weighted by molar-refractivity contribution is -0.190. The molecule has 2 aliphatic heterocycles. The van der Waals surface area contributed by atoms with Crippen molar-refractivity contribution in [3.63, 3.8) is 0 Å². The molecule has 0 aromatic carbocycles. The van der Waals surface area contributed by atoms with E-state index in [9.17, 15) is 19.8 Å². The van der Waals surface area contributed by atoms with Crippen LogP contribution in [0.25, 0.3) is 0 Å². The van der Waals surface area contributed by atoms with Crippen LogP contribution in [0.4, 0.5) is 0 Å². The Morgan fingerprint density at radius 2 is 1.77 bits per heavy atom. The molecule has 4 N–H and O–H groups in total. The summed E-state index contributed by atoms with van der Waals surface area (Å²) in [5.41, 5.74) is 2.83. The number of carbonyl (C=O) groups is 2.